The van der Waals surface area contributed by atoms with Crippen LogP contribution in [0.3, 0.4) is 0 Å². The van der Waals surface area contributed by atoms with E-state index in [-0.39, 0.29) is 15.7 Å². The highest BCUT2D eigenvalue weighted by Crippen LogP contribution is 2.29. The van der Waals surface area contributed by atoms with Crippen LogP contribution in [0.5, 0.6) is 11.5 Å². The Kier molecular flexibility index (Phi) is 4.44. The van der Waals surface area contributed by atoms with Gasteiger partial charge in [-0.05, 0) is 55.3 Å². The van der Waals surface area contributed by atoms with Crippen LogP contribution in [0, 0.1) is 13.8 Å². The molecule has 6 heteroatoms. The van der Waals surface area contributed by atoms with Gasteiger partial charge in [0.1, 0.15) is 10.6 Å². The smallest absolute Gasteiger partial charge is 0.339 e. The number of benzene rings is 2. The second-order valence-electron chi connectivity index (χ2n) is 4.60. The Bertz CT molecular complexity index is 769. The molecule has 0 aliphatic rings. The number of methoxy groups -OCH3 is 1. The first-order valence-corrected chi connectivity index (χ1v) is 7.97. The molecule has 0 heterocycles. The van der Waals surface area contributed by atoms with Crippen LogP contribution >= 0.6 is 11.6 Å². The van der Waals surface area contributed by atoms with E-state index in [2.05, 4.69) is 0 Å². The lowest BCUT2D eigenvalue weighted by molar-refractivity contribution is 0.411. The molecule has 21 heavy (non-hydrogen) atoms. The van der Waals surface area contributed by atoms with Crippen molar-refractivity contribution in [3.05, 3.63) is 52.5 Å². The summed E-state index contributed by atoms with van der Waals surface area (Å²) in [5.41, 5.74) is 1.56. The predicted octanol–water partition coefficient (Wildman–Crippen LogP) is 3.73. The normalized spacial score (nSPS) is 11.2. The molecule has 2 rings (SSSR count). The average Bonchev–Trinajstić information content (AvgIpc) is 2.42. The van der Waals surface area contributed by atoms with Gasteiger partial charge in [-0.2, -0.15) is 8.42 Å². The molecule has 0 spiro atoms. The lowest BCUT2D eigenvalue weighted by Gasteiger charge is -2.11. The Hall–Kier alpha value is -1.72. The number of halogens is 1. The van der Waals surface area contributed by atoms with E-state index in [1.165, 1.54) is 19.2 Å². The SMILES string of the molecule is COc1ccc(S(=O)(=O)Oc2cc(C)ccc2Cl)cc1C. The molecule has 0 bridgehead atoms. The molecule has 0 N–H and O–H groups in total. The molecule has 4 nitrogen and oxygen atoms in total. The van der Waals surface area contributed by atoms with E-state index in [9.17, 15) is 8.42 Å². The minimum atomic E-state index is -3.94. The largest absolute Gasteiger partial charge is 0.496 e. The van der Waals surface area contributed by atoms with Gasteiger partial charge >= 0.3 is 10.1 Å². The molecule has 0 unspecified atom stereocenters. The summed E-state index contributed by atoms with van der Waals surface area (Å²) in [6, 6.07) is 9.47. The molecule has 0 aliphatic carbocycles. The molecule has 2 aromatic carbocycles. The molecule has 0 aromatic heterocycles. The van der Waals surface area contributed by atoms with Crippen LogP contribution < -0.4 is 8.92 Å². The zero-order valence-corrected chi connectivity index (χ0v) is 13.5. The Morgan fingerprint density at radius 3 is 2.33 bits per heavy atom. The van der Waals surface area contributed by atoms with Gasteiger partial charge in [0.05, 0.1) is 12.1 Å². The summed E-state index contributed by atoms with van der Waals surface area (Å²) in [5.74, 6) is 0.729. The number of rotatable bonds is 4. The van der Waals surface area contributed by atoms with E-state index in [4.69, 9.17) is 20.5 Å². The van der Waals surface area contributed by atoms with Gasteiger partial charge in [0, 0.05) is 0 Å². The summed E-state index contributed by atoms with van der Waals surface area (Å²) in [7, 11) is -2.41. The van der Waals surface area contributed by atoms with E-state index in [0.717, 1.165) is 5.56 Å². The van der Waals surface area contributed by atoms with E-state index >= 15 is 0 Å². The molecule has 2 aromatic rings. The molecule has 0 aliphatic heterocycles. The fourth-order valence-electron chi connectivity index (χ4n) is 1.85. The van der Waals surface area contributed by atoms with Gasteiger partial charge in [-0.15, -0.1) is 0 Å². The number of hydrogen-bond acceptors (Lipinski definition) is 4. The molecule has 0 amide bonds. The molecule has 0 fully saturated rings. The van der Waals surface area contributed by atoms with E-state index in [1.807, 2.05) is 6.92 Å². The lowest BCUT2D eigenvalue weighted by atomic mass is 10.2. The first kappa shape index (κ1) is 15.7. The van der Waals surface area contributed by atoms with Crippen LogP contribution in [0.4, 0.5) is 0 Å². The summed E-state index contributed by atoms with van der Waals surface area (Å²) in [4.78, 5) is 0.0540. The van der Waals surface area contributed by atoms with E-state index in [0.29, 0.717) is 11.3 Å². The van der Waals surface area contributed by atoms with E-state index in [1.54, 1.807) is 31.2 Å². The highest BCUT2D eigenvalue weighted by atomic mass is 35.5. The monoisotopic (exact) mass is 326 g/mol. The van der Waals surface area contributed by atoms with Crippen LogP contribution in [-0.2, 0) is 10.1 Å². The third kappa shape index (κ3) is 3.49. The molecular formula is C15H15ClO4S. The van der Waals surface area contributed by atoms with Gasteiger partial charge in [-0.3, -0.25) is 0 Å². The van der Waals surface area contributed by atoms with Crippen molar-refractivity contribution in [2.75, 3.05) is 7.11 Å². The maximum atomic E-state index is 12.3. The Labute approximate surface area is 129 Å². The summed E-state index contributed by atoms with van der Waals surface area (Å²) < 4.78 is 34.8. The zero-order chi connectivity index (χ0) is 15.6. The maximum Gasteiger partial charge on any atom is 0.339 e. The second-order valence-corrected chi connectivity index (χ2v) is 6.56. The molecule has 112 valence electrons. The number of aryl methyl sites for hydroxylation is 2. The van der Waals surface area contributed by atoms with Crippen molar-refractivity contribution in [3.63, 3.8) is 0 Å². The third-order valence-corrected chi connectivity index (χ3v) is 4.48. The van der Waals surface area contributed by atoms with Crippen LogP contribution in [0.2, 0.25) is 5.02 Å². The summed E-state index contributed by atoms with van der Waals surface area (Å²) in [6.07, 6.45) is 0. The molecular weight excluding hydrogens is 312 g/mol. The summed E-state index contributed by atoms with van der Waals surface area (Å²) >= 11 is 5.96. The van der Waals surface area contributed by atoms with Gasteiger partial charge < -0.3 is 8.92 Å². The quantitative estimate of drug-likeness (QED) is 0.803. The van der Waals surface area contributed by atoms with Crippen molar-refractivity contribution < 1.29 is 17.3 Å². The van der Waals surface area contributed by atoms with Crippen LogP contribution in [0.1, 0.15) is 11.1 Å². The van der Waals surface area contributed by atoms with E-state index < -0.39 is 10.1 Å². The van der Waals surface area contributed by atoms with Crippen molar-refractivity contribution in [2.45, 2.75) is 18.7 Å². The van der Waals surface area contributed by atoms with Crippen LogP contribution in [0.15, 0.2) is 41.3 Å². The van der Waals surface area contributed by atoms with Crippen LogP contribution in [-0.4, -0.2) is 15.5 Å². The van der Waals surface area contributed by atoms with Crippen molar-refractivity contribution in [1.29, 1.82) is 0 Å². The van der Waals surface area contributed by atoms with Gasteiger partial charge in [0.2, 0.25) is 0 Å². The van der Waals surface area contributed by atoms with Crippen molar-refractivity contribution in [1.82, 2.24) is 0 Å². The van der Waals surface area contributed by atoms with Gasteiger partial charge in [0.15, 0.2) is 5.75 Å². The zero-order valence-electron chi connectivity index (χ0n) is 11.9. The fourth-order valence-corrected chi connectivity index (χ4v) is 3.08. The minimum absolute atomic E-state index is 0.0540. The maximum absolute atomic E-state index is 12.3. The first-order valence-electron chi connectivity index (χ1n) is 6.19. The lowest BCUT2D eigenvalue weighted by Crippen LogP contribution is -2.10. The highest BCUT2D eigenvalue weighted by molar-refractivity contribution is 7.87. The Morgan fingerprint density at radius 1 is 1.00 bits per heavy atom. The van der Waals surface area contributed by atoms with Crippen molar-refractivity contribution in [3.8, 4) is 11.5 Å². The van der Waals surface area contributed by atoms with Crippen LogP contribution in [0.25, 0.3) is 0 Å². The van der Waals surface area contributed by atoms with Gasteiger partial charge in [-0.25, -0.2) is 0 Å². The Morgan fingerprint density at radius 2 is 1.71 bits per heavy atom. The predicted molar refractivity (Wildman–Crippen MR) is 81.7 cm³/mol. The minimum Gasteiger partial charge on any atom is -0.496 e. The fraction of sp³-hybridized carbons (Fsp3) is 0.200. The highest BCUT2D eigenvalue weighted by Gasteiger charge is 2.19. The first-order chi connectivity index (χ1) is 9.83. The summed E-state index contributed by atoms with van der Waals surface area (Å²) in [5, 5.41) is 0.245. The van der Waals surface area contributed by atoms with Crippen molar-refractivity contribution >= 4 is 21.7 Å². The second kappa shape index (κ2) is 5.95. The standard InChI is InChI=1S/C15H15ClO4S/c1-10-4-6-13(16)15(8-10)20-21(17,18)12-5-7-14(19-3)11(2)9-12/h4-9H,1-3H3. The van der Waals surface area contributed by atoms with Gasteiger partial charge in [0.25, 0.3) is 0 Å². The molecule has 0 radical (unpaired) electrons. The topological polar surface area (TPSA) is 52.6 Å². The van der Waals surface area contributed by atoms with Crippen molar-refractivity contribution in [2.24, 2.45) is 0 Å². The third-order valence-electron chi connectivity index (χ3n) is 2.94. The average molecular weight is 327 g/mol. The Balaban J connectivity index is 2.38. The number of hydrogen-bond donors (Lipinski definition) is 0. The molecule has 0 saturated carbocycles. The molecule has 0 saturated heterocycles. The molecule has 0 atom stereocenters. The number of ether oxygens (including phenoxy) is 1. The van der Waals surface area contributed by atoms with Gasteiger partial charge in [-0.1, -0.05) is 17.7 Å². The summed E-state index contributed by atoms with van der Waals surface area (Å²) in [6.45, 7) is 3.59.